The summed E-state index contributed by atoms with van der Waals surface area (Å²) in [7, 11) is 1.99. The molecule has 0 amide bonds. The lowest BCUT2D eigenvalue weighted by Gasteiger charge is -2.36. The number of anilines is 1. The van der Waals surface area contributed by atoms with Gasteiger partial charge in [0.1, 0.15) is 5.75 Å². The molecule has 0 aliphatic heterocycles. The van der Waals surface area contributed by atoms with Crippen LogP contribution in [0.25, 0.3) is 0 Å². The second-order valence-electron chi connectivity index (χ2n) is 4.91. The Labute approximate surface area is 104 Å². The Bertz CT molecular complexity index is 374. The Morgan fingerprint density at radius 1 is 1.35 bits per heavy atom. The van der Waals surface area contributed by atoms with Crippen molar-refractivity contribution in [1.82, 2.24) is 0 Å². The average Bonchev–Trinajstić information content (AvgIpc) is 2.31. The van der Waals surface area contributed by atoms with Gasteiger partial charge in [-0.1, -0.05) is 0 Å². The zero-order chi connectivity index (χ0) is 13.1. The van der Waals surface area contributed by atoms with Gasteiger partial charge < -0.3 is 14.7 Å². The third-order valence-electron chi connectivity index (χ3n) is 3.14. The van der Waals surface area contributed by atoms with Crippen LogP contribution in [-0.2, 0) is 0 Å². The molecule has 0 aliphatic carbocycles. The van der Waals surface area contributed by atoms with Crippen LogP contribution >= 0.6 is 0 Å². The molecule has 0 saturated carbocycles. The fraction of sp³-hybridized carbons (Fsp3) is 0.571. The lowest BCUT2D eigenvalue weighted by molar-refractivity contribution is 0.216. The number of hydrogen-bond donors (Lipinski definition) is 1. The summed E-state index contributed by atoms with van der Waals surface area (Å²) < 4.78 is 5.52. The summed E-state index contributed by atoms with van der Waals surface area (Å²) in [5, 5.41) is 9.37. The maximum atomic E-state index is 9.37. The first kappa shape index (κ1) is 13.8. The van der Waals surface area contributed by atoms with E-state index < -0.39 is 0 Å². The van der Waals surface area contributed by atoms with Crippen molar-refractivity contribution < 1.29 is 9.84 Å². The van der Waals surface area contributed by atoms with Crippen molar-refractivity contribution in [3.63, 3.8) is 0 Å². The topological polar surface area (TPSA) is 32.7 Å². The second kappa shape index (κ2) is 5.41. The monoisotopic (exact) mass is 237 g/mol. The van der Waals surface area contributed by atoms with Gasteiger partial charge in [0.05, 0.1) is 18.8 Å². The Balaban J connectivity index is 2.97. The van der Waals surface area contributed by atoms with Crippen LogP contribution in [0.1, 0.15) is 26.3 Å². The lowest BCUT2D eigenvalue weighted by atomic mass is 10.0. The number of nitrogens with zero attached hydrogens (tertiary/aromatic N) is 1. The number of rotatable bonds is 5. The summed E-state index contributed by atoms with van der Waals surface area (Å²) in [4.78, 5) is 2.08. The molecule has 96 valence electrons. The van der Waals surface area contributed by atoms with Crippen LogP contribution in [0.4, 0.5) is 5.69 Å². The molecule has 3 nitrogen and oxygen atoms in total. The number of hydrogen-bond acceptors (Lipinski definition) is 3. The molecular weight excluding hydrogens is 214 g/mol. The first-order valence-electron chi connectivity index (χ1n) is 6.00. The fourth-order valence-corrected chi connectivity index (χ4v) is 1.62. The maximum Gasteiger partial charge on any atom is 0.122 e. The largest absolute Gasteiger partial charge is 0.494 e. The van der Waals surface area contributed by atoms with Crippen LogP contribution in [0, 0.1) is 6.92 Å². The van der Waals surface area contributed by atoms with Crippen LogP contribution in [0.3, 0.4) is 0 Å². The molecule has 1 aromatic rings. The van der Waals surface area contributed by atoms with Gasteiger partial charge in [-0.15, -0.1) is 0 Å². The molecule has 0 atom stereocenters. The average molecular weight is 237 g/mol. The zero-order valence-electron chi connectivity index (χ0n) is 11.4. The lowest BCUT2D eigenvalue weighted by Crippen LogP contribution is -2.44. The maximum absolute atomic E-state index is 9.37. The molecule has 0 spiro atoms. The number of aliphatic hydroxyl groups is 1. The zero-order valence-corrected chi connectivity index (χ0v) is 11.4. The number of ether oxygens (including phenoxy) is 1. The van der Waals surface area contributed by atoms with E-state index in [0.29, 0.717) is 6.61 Å². The van der Waals surface area contributed by atoms with Gasteiger partial charge in [0.25, 0.3) is 0 Å². The molecule has 17 heavy (non-hydrogen) atoms. The van der Waals surface area contributed by atoms with Crippen molar-refractivity contribution in [3.05, 3.63) is 23.8 Å². The molecule has 1 rings (SSSR count). The first-order chi connectivity index (χ1) is 7.92. The number of aryl methyl sites for hydroxylation is 1. The highest BCUT2D eigenvalue weighted by Crippen LogP contribution is 2.27. The predicted octanol–water partition coefficient (Wildman–Crippen LogP) is 2.60. The van der Waals surface area contributed by atoms with Crippen molar-refractivity contribution in [3.8, 4) is 5.75 Å². The van der Waals surface area contributed by atoms with Crippen molar-refractivity contribution >= 4 is 5.69 Å². The van der Waals surface area contributed by atoms with E-state index in [-0.39, 0.29) is 12.1 Å². The molecule has 1 N–H and O–H groups in total. The van der Waals surface area contributed by atoms with Gasteiger partial charge in [-0.3, -0.25) is 0 Å². The summed E-state index contributed by atoms with van der Waals surface area (Å²) in [5.41, 5.74) is 1.94. The quantitative estimate of drug-likeness (QED) is 0.854. The van der Waals surface area contributed by atoms with Crippen LogP contribution in [0.5, 0.6) is 5.75 Å². The second-order valence-corrected chi connectivity index (χ2v) is 4.91. The van der Waals surface area contributed by atoms with Crippen LogP contribution in [-0.4, -0.2) is 30.9 Å². The Morgan fingerprint density at radius 3 is 2.47 bits per heavy atom. The molecule has 0 unspecified atom stereocenters. The molecule has 0 saturated heterocycles. The summed E-state index contributed by atoms with van der Waals surface area (Å²) in [5.74, 6) is 0.923. The highest BCUT2D eigenvalue weighted by Gasteiger charge is 2.23. The summed E-state index contributed by atoms with van der Waals surface area (Å²) in [6.07, 6.45) is 0. The van der Waals surface area contributed by atoms with E-state index in [9.17, 15) is 5.11 Å². The van der Waals surface area contributed by atoms with E-state index in [1.54, 1.807) is 0 Å². The van der Waals surface area contributed by atoms with E-state index in [1.165, 1.54) is 0 Å². The van der Waals surface area contributed by atoms with Gasteiger partial charge in [0.15, 0.2) is 0 Å². The minimum Gasteiger partial charge on any atom is -0.494 e. The van der Waals surface area contributed by atoms with E-state index in [4.69, 9.17) is 4.74 Å². The molecule has 0 bridgehead atoms. The van der Waals surface area contributed by atoms with Crippen molar-refractivity contribution in [2.45, 2.75) is 33.2 Å². The Kier molecular flexibility index (Phi) is 4.40. The highest BCUT2D eigenvalue weighted by molar-refractivity contribution is 5.54. The van der Waals surface area contributed by atoms with Crippen LogP contribution in [0.2, 0.25) is 0 Å². The highest BCUT2D eigenvalue weighted by atomic mass is 16.5. The van der Waals surface area contributed by atoms with Crippen molar-refractivity contribution in [2.75, 3.05) is 25.2 Å². The number of aliphatic hydroxyl groups excluding tert-OH is 1. The smallest absolute Gasteiger partial charge is 0.122 e. The van der Waals surface area contributed by atoms with Gasteiger partial charge >= 0.3 is 0 Å². The Morgan fingerprint density at radius 2 is 2.00 bits per heavy atom. The molecule has 1 aromatic carbocycles. The van der Waals surface area contributed by atoms with Gasteiger partial charge in [0.2, 0.25) is 0 Å². The van der Waals surface area contributed by atoms with Gasteiger partial charge in [-0.25, -0.2) is 0 Å². The standard InChI is InChI=1S/C14H23NO2/c1-6-17-13-8-7-12(9-11(13)2)15(5)14(3,4)10-16/h7-9,16H,6,10H2,1-5H3. The van der Waals surface area contributed by atoms with Crippen molar-refractivity contribution in [1.29, 1.82) is 0 Å². The van der Waals surface area contributed by atoms with E-state index in [1.807, 2.05) is 46.9 Å². The first-order valence-corrected chi connectivity index (χ1v) is 6.00. The SMILES string of the molecule is CCOc1ccc(N(C)C(C)(C)CO)cc1C. The predicted molar refractivity (Wildman–Crippen MR) is 71.9 cm³/mol. The van der Waals surface area contributed by atoms with E-state index in [2.05, 4.69) is 11.0 Å². The van der Waals surface area contributed by atoms with E-state index >= 15 is 0 Å². The summed E-state index contributed by atoms with van der Waals surface area (Å²) >= 11 is 0. The molecule has 0 aromatic heterocycles. The third kappa shape index (κ3) is 3.13. The minimum absolute atomic E-state index is 0.121. The van der Waals surface area contributed by atoms with Crippen LogP contribution in [0.15, 0.2) is 18.2 Å². The number of likely N-dealkylation sites (N-methyl/N-ethyl adjacent to an activating group) is 1. The van der Waals surface area contributed by atoms with Crippen LogP contribution < -0.4 is 9.64 Å². The fourth-order valence-electron chi connectivity index (χ4n) is 1.62. The summed E-state index contributed by atoms with van der Waals surface area (Å²) in [6.45, 7) is 8.84. The van der Waals surface area contributed by atoms with Gasteiger partial charge in [0, 0.05) is 12.7 Å². The molecule has 3 heteroatoms. The minimum atomic E-state index is -0.264. The molecule has 0 fully saturated rings. The van der Waals surface area contributed by atoms with E-state index in [0.717, 1.165) is 17.0 Å². The van der Waals surface area contributed by atoms with Gasteiger partial charge in [-0.05, 0) is 51.5 Å². The van der Waals surface area contributed by atoms with Gasteiger partial charge in [-0.2, -0.15) is 0 Å². The molecule has 0 aliphatic rings. The van der Waals surface area contributed by atoms with Crippen molar-refractivity contribution in [2.24, 2.45) is 0 Å². The third-order valence-corrected chi connectivity index (χ3v) is 3.14. The summed E-state index contributed by atoms with van der Waals surface area (Å²) in [6, 6.07) is 6.09. The number of benzene rings is 1. The normalized spacial score (nSPS) is 11.4. The molecular formula is C14H23NO2. The Hall–Kier alpha value is -1.22. The molecule has 0 radical (unpaired) electrons. The molecule has 0 heterocycles.